The number of amides is 1. The van der Waals surface area contributed by atoms with E-state index in [-0.39, 0.29) is 12.0 Å². The number of thiocarbonyl (C=S) groups is 1. The first kappa shape index (κ1) is 13.4. The number of carbonyl (C=O) groups is 1. The van der Waals surface area contributed by atoms with Crippen LogP contribution in [0.15, 0.2) is 24.3 Å². The molecule has 0 aliphatic carbocycles. The molecule has 1 aromatic rings. The zero-order chi connectivity index (χ0) is 12.8. The van der Waals surface area contributed by atoms with E-state index in [0.29, 0.717) is 16.4 Å². The molecule has 0 saturated heterocycles. The van der Waals surface area contributed by atoms with Gasteiger partial charge in [0.2, 0.25) is 0 Å². The van der Waals surface area contributed by atoms with E-state index < -0.39 is 0 Å². The lowest BCUT2D eigenvalue weighted by Crippen LogP contribution is -2.37. The van der Waals surface area contributed by atoms with Crippen LogP contribution in [-0.2, 0) is 0 Å². The first-order valence-electron chi connectivity index (χ1n) is 5.32. The van der Waals surface area contributed by atoms with Gasteiger partial charge in [-0.15, -0.1) is 0 Å². The maximum absolute atomic E-state index is 11.8. The third-order valence-electron chi connectivity index (χ3n) is 1.92. The molecule has 0 aliphatic heterocycles. The van der Waals surface area contributed by atoms with Gasteiger partial charge in [0.15, 0.2) is 5.11 Å². The third kappa shape index (κ3) is 4.40. The number of rotatable bonds is 3. The summed E-state index contributed by atoms with van der Waals surface area (Å²) in [4.78, 5) is 11.8. The van der Waals surface area contributed by atoms with Gasteiger partial charge < -0.3 is 10.1 Å². The second kappa shape index (κ2) is 6.20. The van der Waals surface area contributed by atoms with Crippen molar-refractivity contribution in [1.82, 2.24) is 10.6 Å². The summed E-state index contributed by atoms with van der Waals surface area (Å²) in [5, 5.41) is 5.53. The summed E-state index contributed by atoms with van der Waals surface area (Å²) in [5.41, 5.74) is 0.515. The highest BCUT2D eigenvalue weighted by Gasteiger charge is 2.08. The molecule has 0 fully saturated rings. The van der Waals surface area contributed by atoms with Crippen LogP contribution in [0.2, 0.25) is 0 Å². The average molecular weight is 252 g/mol. The summed E-state index contributed by atoms with van der Waals surface area (Å²) in [6.45, 7) is 3.87. The van der Waals surface area contributed by atoms with Crippen molar-refractivity contribution in [3.8, 4) is 5.75 Å². The number of hydrogen-bond acceptors (Lipinski definition) is 3. The Kier molecular flexibility index (Phi) is 4.90. The zero-order valence-electron chi connectivity index (χ0n) is 10.1. The second-order valence-corrected chi connectivity index (χ2v) is 4.14. The molecule has 0 aliphatic rings. The van der Waals surface area contributed by atoms with Gasteiger partial charge in [0.25, 0.3) is 5.91 Å². The average Bonchev–Trinajstić information content (AvgIpc) is 2.28. The normalized spacial score (nSPS) is 9.88. The van der Waals surface area contributed by atoms with E-state index in [1.54, 1.807) is 25.2 Å². The highest BCUT2D eigenvalue weighted by molar-refractivity contribution is 7.80. The van der Waals surface area contributed by atoms with Crippen molar-refractivity contribution in [1.29, 1.82) is 0 Å². The van der Waals surface area contributed by atoms with Gasteiger partial charge in [0, 0.05) is 12.6 Å². The molecule has 0 radical (unpaired) electrons. The molecule has 0 unspecified atom stereocenters. The minimum Gasteiger partial charge on any atom is -0.491 e. The standard InChI is InChI=1S/C12H16N2O2S/c1-8(2)16-10-6-4-5-9(7-10)11(15)14-12(17)13-3/h4-8H,1-3H3,(H2,13,14,15,17). The molecule has 1 rings (SSSR count). The maximum Gasteiger partial charge on any atom is 0.257 e. The zero-order valence-corrected chi connectivity index (χ0v) is 10.9. The molecule has 92 valence electrons. The smallest absolute Gasteiger partial charge is 0.257 e. The Morgan fingerprint density at radius 3 is 2.71 bits per heavy atom. The fraction of sp³-hybridized carbons (Fsp3) is 0.333. The SMILES string of the molecule is CNC(=S)NC(=O)c1cccc(OC(C)C)c1. The molecule has 0 heterocycles. The number of nitrogens with one attached hydrogen (secondary N) is 2. The first-order chi connectivity index (χ1) is 8.02. The fourth-order valence-corrected chi connectivity index (χ4v) is 1.31. The lowest BCUT2D eigenvalue weighted by Gasteiger charge is -2.11. The molecule has 0 spiro atoms. The van der Waals surface area contributed by atoms with Gasteiger partial charge in [-0.2, -0.15) is 0 Å². The summed E-state index contributed by atoms with van der Waals surface area (Å²) in [7, 11) is 1.65. The Balaban J connectivity index is 2.77. The molecule has 5 heteroatoms. The predicted molar refractivity (Wildman–Crippen MR) is 71.3 cm³/mol. The molecular weight excluding hydrogens is 236 g/mol. The first-order valence-corrected chi connectivity index (χ1v) is 5.73. The molecule has 2 N–H and O–H groups in total. The van der Waals surface area contributed by atoms with Crippen LogP contribution in [0.3, 0.4) is 0 Å². The van der Waals surface area contributed by atoms with E-state index in [4.69, 9.17) is 17.0 Å². The van der Waals surface area contributed by atoms with E-state index in [9.17, 15) is 4.79 Å². The number of carbonyl (C=O) groups excluding carboxylic acids is 1. The lowest BCUT2D eigenvalue weighted by atomic mass is 10.2. The van der Waals surface area contributed by atoms with E-state index in [0.717, 1.165) is 0 Å². The molecule has 0 bridgehead atoms. The van der Waals surface area contributed by atoms with Gasteiger partial charge in [-0.25, -0.2) is 0 Å². The highest BCUT2D eigenvalue weighted by atomic mass is 32.1. The molecule has 0 atom stereocenters. The summed E-state index contributed by atoms with van der Waals surface area (Å²) in [6, 6.07) is 6.98. The number of ether oxygens (including phenoxy) is 1. The fourth-order valence-electron chi connectivity index (χ4n) is 1.22. The number of benzene rings is 1. The maximum atomic E-state index is 11.8. The Hall–Kier alpha value is -1.62. The van der Waals surface area contributed by atoms with Gasteiger partial charge in [-0.3, -0.25) is 10.1 Å². The van der Waals surface area contributed by atoms with Crippen molar-refractivity contribution in [2.45, 2.75) is 20.0 Å². The molecular formula is C12H16N2O2S. The van der Waals surface area contributed by atoms with Crippen LogP contribution in [-0.4, -0.2) is 24.2 Å². The molecule has 4 nitrogen and oxygen atoms in total. The van der Waals surface area contributed by atoms with Crippen molar-refractivity contribution in [2.75, 3.05) is 7.05 Å². The monoisotopic (exact) mass is 252 g/mol. The van der Waals surface area contributed by atoms with Gasteiger partial charge in [0.05, 0.1) is 6.10 Å². The Morgan fingerprint density at radius 2 is 2.12 bits per heavy atom. The van der Waals surface area contributed by atoms with Crippen LogP contribution in [0, 0.1) is 0 Å². The third-order valence-corrected chi connectivity index (χ3v) is 2.23. The largest absolute Gasteiger partial charge is 0.491 e. The predicted octanol–water partition coefficient (Wildman–Crippen LogP) is 1.71. The van der Waals surface area contributed by atoms with Crippen LogP contribution in [0.4, 0.5) is 0 Å². The minimum atomic E-state index is -0.251. The summed E-state index contributed by atoms with van der Waals surface area (Å²) in [6.07, 6.45) is 0.0756. The summed E-state index contributed by atoms with van der Waals surface area (Å²) < 4.78 is 5.51. The van der Waals surface area contributed by atoms with Crippen molar-refractivity contribution >= 4 is 23.2 Å². The van der Waals surface area contributed by atoms with Crippen LogP contribution >= 0.6 is 12.2 Å². The Bertz CT molecular complexity index is 419. The molecule has 0 aromatic heterocycles. The van der Waals surface area contributed by atoms with Crippen LogP contribution < -0.4 is 15.4 Å². The summed E-state index contributed by atoms with van der Waals surface area (Å²) in [5.74, 6) is 0.418. The minimum absolute atomic E-state index is 0.0756. The van der Waals surface area contributed by atoms with Crippen molar-refractivity contribution in [3.63, 3.8) is 0 Å². The van der Waals surface area contributed by atoms with Gasteiger partial charge in [-0.1, -0.05) is 6.07 Å². The quantitative estimate of drug-likeness (QED) is 0.804. The molecule has 0 saturated carbocycles. The van der Waals surface area contributed by atoms with Gasteiger partial charge in [-0.05, 0) is 44.3 Å². The number of hydrogen-bond donors (Lipinski definition) is 2. The van der Waals surface area contributed by atoms with Gasteiger partial charge in [0.1, 0.15) is 5.75 Å². The second-order valence-electron chi connectivity index (χ2n) is 3.73. The van der Waals surface area contributed by atoms with Crippen LogP contribution in [0.5, 0.6) is 5.75 Å². The molecule has 1 amide bonds. The molecule has 17 heavy (non-hydrogen) atoms. The molecule has 1 aromatic carbocycles. The van der Waals surface area contributed by atoms with Crippen LogP contribution in [0.1, 0.15) is 24.2 Å². The van der Waals surface area contributed by atoms with E-state index >= 15 is 0 Å². The lowest BCUT2D eigenvalue weighted by molar-refractivity contribution is 0.0976. The Labute approximate surface area is 106 Å². The van der Waals surface area contributed by atoms with E-state index in [1.807, 2.05) is 19.9 Å². The van der Waals surface area contributed by atoms with Crippen molar-refractivity contribution in [2.24, 2.45) is 0 Å². The van der Waals surface area contributed by atoms with Crippen molar-refractivity contribution in [3.05, 3.63) is 29.8 Å². The topological polar surface area (TPSA) is 50.4 Å². The van der Waals surface area contributed by atoms with Crippen LogP contribution in [0.25, 0.3) is 0 Å². The summed E-state index contributed by atoms with van der Waals surface area (Å²) >= 11 is 4.86. The van der Waals surface area contributed by atoms with Gasteiger partial charge >= 0.3 is 0 Å². The Morgan fingerprint density at radius 1 is 1.41 bits per heavy atom. The highest BCUT2D eigenvalue weighted by Crippen LogP contribution is 2.14. The van der Waals surface area contributed by atoms with E-state index in [2.05, 4.69) is 10.6 Å². The van der Waals surface area contributed by atoms with Crippen molar-refractivity contribution < 1.29 is 9.53 Å². The van der Waals surface area contributed by atoms with E-state index in [1.165, 1.54) is 0 Å².